The maximum absolute atomic E-state index is 5.26. The van der Waals surface area contributed by atoms with Gasteiger partial charge in [0.25, 0.3) is 0 Å². The zero-order valence-corrected chi connectivity index (χ0v) is 10.2. The average Bonchev–Trinajstić information content (AvgIpc) is 2.14. The fraction of sp³-hybridized carbons (Fsp3) is 0.636. The summed E-state index contributed by atoms with van der Waals surface area (Å²) in [5.74, 6) is 0.590. The van der Waals surface area contributed by atoms with Gasteiger partial charge in [-0.3, -0.25) is 0 Å². The summed E-state index contributed by atoms with van der Waals surface area (Å²) >= 11 is 0. The molecule has 0 saturated carbocycles. The van der Waals surface area contributed by atoms with E-state index in [2.05, 4.69) is 30.7 Å². The summed E-state index contributed by atoms with van der Waals surface area (Å²) in [6.45, 7) is 8.25. The molecule has 0 radical (unpaired) electrons. The molecule has 0 N–H and O–H groups in total. The molecule has 15 heavy (non-hydrogen) atoms. The quantitative estimate of drug-likeness (QED) is 0.749. The second-order valence-electron chi connectivity index (χ2n) is 4.43. The molecule has 4 nitrogen and oxygen atoms in total. The summed E-state index contributed by atoms with van der Waals surface area (Å²) in [6.07, 6.45) is 0. The van der Waals surface area contributed by atoms with E-state index in [1.165, 1.54) is 0 Å². The Labute approximate surface area is 90.7 Å². The van der Waals surface area contributed by atoms with Gasteiger partial charge in [-0.1, -0.05) is 20.8 Å². The molecule has 4 heteroatoms. The third-order valence-electron chi connectivity index (χ3n) is 2.16. The van der Waals surface area contributed by atoms with Crippen molar-refractivity contribution in [1.29, 1.82) is 0 Å². The minimum atomic E-state index is -0.0400. The fourth-order valence-electron chi connectivity index (χ4n) is 1.62. The Kier molecular flexibility index (Phi) is 3.17. The van der Waals surface area contributed by atoms with E-state index in [1.54, 1.807) is 14.2 Å². The van der Waals surface area contributed by atoms with Crippen molar-refractivity contribution in [3.8, 4) is 11.9 Å². The highest BCUT2D eigenvalue weighted by Gasteiger charge is 2.24. The predicted molar refractivity (Wildman–Crippen MR) is 58.6 cm³/mol. The van der Waals surface area contributed by atoms with Crippen LogP contribution in [0, 0.1) is 6.92 Å². The lowest BCUT2D eigenvalue weighted by atomic mass is 9.86. The van der Waals surface area contributed by atoms with E-state index in [1.807, 2.05) is 6.92 Å². The number of hydrogen-bond acceptors (Lipinski definition) is 4. The fourth-order valence-corrected chi connectivity index (χ4v) is 1.62. The van der Waals surface area contributed by atoms with Crippen LogP contribution in [0.3, 0.4) is 0 Å². The van der Waals surface area contributed by atoms with Gasteiger partial charge in [0, 0.05) is 5.56 Å². The van der Waals surface area contributed by atoms with Crippen LogP contribution in [0.15, 0.2) is 0 Å². The third kappa shape index (κ3) is 2.37. The van der Waals surface area contributed by atoms with Crippen LogP contribution in [0.1, 0.15) is 32.0 Å². The summed E-state index contributed by atoms with van der Waals surface area (Å²) in [7, 11) is 3.15. The van der Waals surface area contributed by atoms with Crippen LogP contribution >= 0.6 is 0 Å². The molecule has 1 aromatic rings. The van der Waals surface area contributed by atoms with Gasteiger partial charge in [-0.25, -0.2) is 4.98 Å². The van der Waals surface area contributed by atoms with E-state index in [0.717, 1.165) is 11.3 Å². The molecule has 1 rings (SSSR count). The SMILES string of the molecule is COc1nc(C)c(C(C)(C)C)c(OC)n1. The number of aromatic nitrogens is 2. The molecule has 0 amide bonds. The molecular formula is C11H18N2O2. The van der Waals surface area contributed by atoms with Gasteiger partial charge in [0.1, 0.15) is 0 Å². The van der Waals surface area contributed by atoms with Gasteiger partial charge in [-0.15, -0.1) is 0 Å². The van der Waals surface area contributed by atoms with E-state index in [9.17, 15) is 0 Å². The topological polar surface area (TPSA) is 44.2 Å². The zero-order chi connectivity index (χ0) is 11.6. The van der Waals surface area contributed by atoms with Crippen LogP contribution in [-0.4, -0.2) is 24.2 Å². The molecule has 0 aliphatic carbocycles. The maximum Gasteiger partial charge on any atom is 0.319 e. The highest BCUT2D eigenvalue weighted by Crippen LogP contribution is 2.32. The zero-order valence-electron chi connectivity index (χ0n) is 10.2. The van der Waals surface area contributed by atoms with Crippen LogP contribution in [0.2, 0.25) is 0 Å². The standard InChI is InChI=1S/C11H18N2O2/c1-7-8(11(2,3)4)9(14-5)13-10(12-7)15-6/h1-6H3. The van der Waals surface area contributed by atoms with Crippen molar-refractivity contribution in [2.24, 2.45) is 0 Å². The number of rotatable bonds is 2. The lowest BCUT2D eigenvalue weighted by Gasteiger charge is -2.22. The first kappa shape index (κ1) is 11.8. The lowest BCUT2D eigenvalue weighted by molar-refractivity contribution is 0.340. The number of aryl methyl sites for hydroxylation is 1. The lowest BCUT2D eigenvalue weighted by Crippen LogP contribution is -2.17. The third-order valence-corrected chi connectivity index (χ3v) is 2.16. The van der Waals surface area contributed by atoms with Crippen LogP contribution in [0.25, 0.3) is 0 Å². The molecule has 0 aliphatic rings. The van der Waals surface area contributed by atoms with Crippen molar-refractivity contribution in [2.45, 2.75) is 33.1 Å². The van der Waals surface area contributed by atoms with Gasteiger partial charge in [0.2, 0.25) is 5.88 Å². The largest absolute Gasteiger partial charge is 0.481 e. The second kappa shape index (κ2) is 4.04. The molecule has 0 fully saturated rings. The van der Waals surface area contributed by atoms with Gasteiger partial charge in [0.15, 0.2) is 0 Å². The minimum Gasteiger partial charge on any atom is -0.481 e. The van der Waals surface area contributed by atoms with Crippen molar-refractivity contribution in [3.63, 3.8) is 0 Å². The number of methoxy groups -OCH3 is 2. The summed E-state index contributed by atoms with van der Waals surface area (Å²) in [5.41, 5.74) is 1.87. The molecule has 1 aromatic heterocycles. The van der Waals surface area contributed by atoms with Gasteiger partial charge >= 0.3 is 6.01 Å². The van der Waals surface area contributed by atoms with Crippen LogP contribution in [-0.2, 0) is 5.41 Å². The Morgan fingerprint density at radius 3 is 2.00 bits per heavy atom. The van der Waals surface area contributed by atoms with E-state index in [-0.39, 0.29) is 5.41 Å². The summed E-state index contributed by atoms with van der Waals surface area (Å²) < 4.78 is 10.3. The van der Waals surface area contributed by atoms with E-state index in [0.29, 0.717) is 11.9 Å². The molecule has 1 heterocycles. The number of nitrogens with zero attached hydrogens (tertiary/aromatic N) is 2. The average molecular weight is 210 g/mol. The first-order chi connectivity index (χ1) is 6.90. The van der Waals surface area contributed by atoms with Crippen molar-refractivity contribution >= 4 is 0 Å². The summed E-state index contributed by atoms with van der Waals surface area (Å²) in [5, 5.41) is 0. The molecule has 0 spiro atoms. The first-order valence-corrected chi connectivity index (χ1v) is 4.87. The molecule has 0 aliphatic heterocycles. The maximum atomic E-state index is 5.26. The predicted octanol–water partition coefficient (Wildman–Crippen LogP) is 2.10. The Morgan fingerprint density at radius 1 is 1.00 bits per heavy atom. The number of ether oxygens (including phenoxy) is 2. The van der Waals surface area contributed by atoms with Crippen LogP contribution < -0.4 is 9.47 Å². The van der Waals surface area contributed by atoms with E-state index < -0.39 is 0 Å². The highest BCUT2D eigenvalue weighted by atomic mass is 16.5. The van der Waals surface area contributed by atoms with Crippen molar-refractivity contribution in [1.82, 2.24) is 9.97 Å². The molecule has 0 saturated heterocycles. The Morgan fingerprint density at radius 2 is 1.60 bits per heavy atom. The summed E-state index contributed by atoms with van der Waals surface area (Å²) in [6, 6.07) is 0.345. The Bertz CT molecular complexity index is 356. The first-order valence-electron chi connectivity index (χ1n) is 4.87. The van der Waals surface area contributed by atoms with Gasteiger partial charge in [-0.2, -0.15) is 4.98 Å². The number of hydrogen-bond donors (Lipinski definition) is 0. The van der Waals surface area contributed by atoms with Gasteiger partial charge in [0.05, 0.1) is 19.9 Å². The van der Waals surface area contributed by atoms with Gasteiger partial charge in [-0.05, 0) is 12.3 Å². The molecule has 0 bridgehead atoms. The molecule has 84 valence electrons. The minimum absolute atomic E-state index is 0.0400. The van der Waals surface area contributed by atoms with Gasteiger partial charge < -0.3 is 9.47 Å². The molecule has 0 unspecified atom stereocenters. The molecule has 0 atom stereocenters. The van der Waals surface area contributed by atoms with Crippen LogP contribution in [0.5, 0.6) is 11.9 Å². The van der Waals surface area contributed by atoms with Crippen LogP contribution in [0.4, 0.5) is 0 Å². The smallest absolute Gasteiger partial charge is 0.319 e. The normalized spacial score (nSPS) is 11.3. The van der Waals surface area contributed by atoms with E-state index in [4.69, 9.17) is 9.47 Å². The molecule has 0 aromatic carbocycles. The summed E-state index contributed by atoms with van der Waals surface area (Å²) in [4.78, 5) is 8.43. The van der Waals surface area contributed by atoms with Crippen molar-refractivity contribution in [3.05, 3.63) is 11.3 Å². The van der Waals surface area contributed by atoms with Crippen molar-refractivity contribution < 1.29 is 9.47 Å². The monoisotopic (exact) mass is 210 g/mol. The van der Waals surface area contributed by atoms with Crippen molar-refractivity contribution in [2.75, 3.05) is 14.2 Å². The Hall–Kier alpha value is -1.32. The van der Waals surface area contributed by atoms with E-state index >= 15 is 0 Å². The highest BCUT2D eigenvalue weighted by molar-refractivity contribution is 5.37. The Balaban J connectivity index is 3.38. The second-order valence-corrected chi connectivity index (χ2v) is 4.43. The molecular weight excluding hydrogens is 192 g/mol.